The van der Waals surface area contributed by atoms with Crippen molar-refractivity contribution in [2.45, 2.75) is 12.6 Å². The van der Waals surface area contributed by atoms with Crippen LogP contribution in [0.25, 0.3) is 0 Å². The van der Waals surface area contributed by atoms with Gasteiger partial charge in [-0.25, -0.2) is 8.78 Å². The van der Waals surface area contributed by atoms with Crippen molar-refractivity contribution in [1.82, 2.24) is 4.90 Å². The van der Waals surface area contributed by atoms with E-state index in [2.05, 4.69) is 0 Å². The summed E-state index contributed by atoms with van der Waals surface area (Å²) >= 11 is 0. The standard InChI is InChI=1S/C11H11F5N2O/c1-18(3-2-11(14,15)16)10(19)6-4-7(12)9(17)8(13)5-6/h4-5H,2-3,17H2,1H3. The van der Waals surface area contributed by atoms with Gasteiger partial charge in [-0.05, 0) is 12.1 Å². The Morgan fingerprint density at radius 1 is 1.26 bits per heavy atom. The first kappa shape index (κ1) is 15.2. The number of amides is 1. The van der Waals surface area contributed by atoms with Gasteiger partial charge in [-0.1, -0.05) is 0 Å². The van der Waals surface area contributed by atoms with E-state index in [1.807, 2.05) is 0 Å². The average molecular weight is 282 g/mol. The Labute approximate surface area is 105 Å². The zero-order valence-corrected chi connectivity index (χ0v) is 9.89. The summed E-state index contributed by atoms with van der Waals surface area (Å²) in [4.78, 5) is 12.4. The minimum Gasteiger partial charge on any atom is -0.394 e. The molecule has 0 radical (unpaired) electrons. The molecule has 2 N–H and O–H groups in total. The van der Waals surface area contributed by atoms with Crippen LogP contribution in [0.3, 0.4) is 0 Å². The van der Waals surface area contributed by atoms with Gasteiger partial charge in [-0.15, -0.1) is 0 Å². The first-order valence-electron chi connectivity index (χ1n) is 5.18. The smallest absolute Gasteiger partial charge is 0.390 e. The third-order valence-electron chi connectivity index (χ3n) is 2.40. The molecule has 0 spiro atoms. The summed E-state index contributed by atoms with van der Waals surface area (Å²) in [7, 11) is 1.11. The van der Waals surface area contributed by atoms with E-state index in [0.717, 1.165) is 11.9 Å². The largest absolute Gasteiger partial charge is 0.394 e. The first-order valence-corrected chi connectivity index (χ1v) is 5.18. The van der Waals surface area contributed by atoms with Gasteiger partial charge in [0.2, 0.25) is 0 Å². The maximum Gasteiger partial charge on any atom is 0.390 e. The van der Waals surface area contributed by atoms with Gasteiger partial charge in [0, 0.05) is 19.2 Å². The predicted octanol–water partition coefficient (Wildman–Crippen LogP) is 2.57. The summed E-state index contributed by atoms with van der Waals surface area (Å²) in [6.45, 7) is -0.601. The second-order valence-corrected chi connectivity index (χ2v) is 3.95. The molecule has 0 atom stereocenters. The number of anilines is 1. The van der Waals surface area contributed by atoms with Crippen LogP contribution in [0.4, 0.5) is 27.6 Å². The lowest BCUT2D eigenvalue weighted by Crippen LogP contribution is -2.30. The lowest BCUT2D eigenvalue weighted by molar-refractivity contribution is -0.136. The Morgan fingerprint density at radius 2 is 1.74 bits per heavy atom. The fourth-order valence-electron chi connectivity index (χ4n) is 1.32. The second kappa shape index (κ2) is 5.41. The third-order valence-corrected chi connectivity index (χ3v) is 2.40. The highest BCUT2D eigenvalue weighted by Gasteiger charge is 2.28. The van der Waals surface area contributed by atoms with Gasteiger partial charge >= 0.3 is 6.18 Å². The van der Waals surface area contributed by atoms with Crippen LogP contribution in [0.2, 0.25) is 0 Å². The highest BCUT2D eigenvalue weighted by atomic mass is 19.4. The summed E-state index contributed by atoms with van der Waals surface area (Å²) < 4.78 is 62.2. The number of hydrogen-bond donors (Lipinski definition) is 1. The molecule has 8 heteroatoms. The molecular weight excluding hydrogens is 271 g/mol. The van der Waals surface area contributed by atoms with Gasteiger partial charge in [0.15, 0.2) is 0 Å². The fraction of sp³-hybridized carbons (Fsp3) is 0.364. The second-order valence-electron chi connectivity index (χ2n) is 3.95. The molecule has 0 fully saturated rings. The van der Waals surface area contributed by atoms with Crippen LogP contribution in [0, 0.1) is 11.6 Å². The number of alkyl halides is 3. The quantitative estimate of drug-likeness (QED) is 0.684. The number of carbonyl (C=O) groups is 1. The minimum atomic E-state index is -4.41. The van der Waals surface area contributed by atoms with Crippen molar-refractivity contribution < 1.29 is 26.7 Å². The molecule has 0 aliphatic rings. The van der Waals surface area contributed by atoms with Crippen molar-refractivity contribution in [3.63, 3.8) is 0 Å². The van der Waals surface area contributed by atoms with E-state index in [1.54, 1.807) is 0 Å². The number of nitrogens with two attached hydrogens (primary N) is 1. The number of carbonyl (C=O) groups excluding carboxylic acids is 1. The highest BCUT2D eigenvalue weighted by molar-refractivity contribution is 5.94. The summed E-state index contributed by atoms with van der Waals surface area (Å²) in [5, 5.41) is 0. The molecule has 0 bridgehead atoms. The maximum atomic E-state index is 13.1. The fourth-order valence-corrected chi connectivity index (χ4v) is 1.32. The number of benzene rings is 1. The number of nitrogen functional groups attached to an aromatic ring is 1. The topological polar surface area (TPSA) is 46.3 Å². The Morgan fingerprint density at radius 3 is 2.16 bits per heavy atom. The molecule has 1 rings (SSSR count). The van der Waals surface area contributed by atoms with E-state index in [1.165, 1.54) is 0 Å². The summed E-state index contributed by atoms with van der Waals surface area (Å²) in [5.74, 6) is -3.18. The first-order chi connectivity index (χ1) is 8.61. The van der Waals surface area contributed by atoms with E-state index in [4.69, 9.17) is 5.73 Å². The lowest BCUT2D eigenvalue weighted by atomic mass is 10.1. The number of rotatable bonds is 3. The van der Waals surface area contributed by atoms with Crippen LogP contribution in [0.15, 0.2) is 12.1 Å². The normalized spacial score (nSPS) is 11.5. The Balaban J connectivity index is 2.83. The average Bonchev–Trinajstić information content (AvgIpc) is 2.30. The zero-order chi connectivity index (χ0) is 14.8. The molecule has 19 heavy (non-hydrogen) atoms. The lowest BCUT2D eigenvalue weighted by Gasteiger charge is -2.18. The van der Waals surface area contributed by atoms with E-state index in [0.29, 0.717) is 12.1 Å². The summed E-state index contributed by atoms with van der Waals surface area (Å²) in [6, 6.07) is 1.37. The molecule has 106 valence electrons. The van der Waals surface area contributed by atoms with E-state index in [9.17, 15) is 26.7 Å². The van der Waals surface area contributed by atoms with Crippen molar-refractivity contribution in [1.29, 1.82) is 0 Å². The molecule has 0 saturated heterocycles. The van der Waals surface area contributed by atoms with Crippen LogP contribution in [-0.4, -0.2) is 30.6 Å². The van der Waals surface area contributed by atoms with Crippen molar-refractivity contribution in [2.75, 3.05) is 19.3 Å². The molecule has 0 aromatic heterocycles. The molecule has 0 unspecified atom stereocenters. The monoisotopic (exact) mass is 282 g/mol. The van der Waals surface area contributed by atoms with Crippen molar-refractivity contribution >= 4 is 11.6 Å². The molecule has 3 nitrogen and oxygen atoms in total. The molecule has 0 heterocycles. The van der Waals surface area contributed by atoms with Crippen molar-refractivity contribution in [3.8, 4) is 0 Å². The van der Waals surface area contributed by atoms with E-state index in [-0.39, 0.29) is 0 Å². The molecule has 0 aliphatic heterocycles. The Kier molecular flexibility index (Phi) is 4.33. The number of hydrogen-bond acceptors (Lipinski definition) is 2. The highest BCUT2D eigenvalue weighted by Crippen LogP contribution is 2.21. The van der Waals surface area contributed by atoms with Gasteiger partial charge in [-0.3, -0.25) is 4.79 Å². The molecule has 0 aliphatic carbocycles. The van der Waals surface area contributed by atoms with E-state index >= 15 is 0 Å². The predicted molar refractivity (Wildman–Crippen MR) is 58.4 cm³/mol. The molecule has 0 saturated carbocycles. The number of halogens is 5. The van der Waals surface area contributed by atoms with Gasteiger partial charge in [0.1, 0.15) is 17.3 Å². The van der Waals surface area contributed by atoms with Crippen LogP contribution >= 0.6 is 0 Å². The SMILES string of the molecule is CN(CCC(F)(F)F)C(=O)c1cc(F)c(N)c(F)c1. The molecule has 1 amide bonds. The van der Waals surface area contributed by atoms with Crippen LogP contribution in [-0.2, 0) is 0 Å². The molecule has 1 aromatic rings. The van der Waals surface area contributed by atoms with E-state index < -0.39 is 47.9 Å². The van der Waals surface area contributed by atoms with Gasteiger partial charge in [0.05, 0.1) is 6.42 Å². The maximum absolute atomic E-state index is 13.1. The van der Waals surface area contributed by atoms with Gasteiger partial charge in [0.25, 0.3) is 5.91 Å². The number of nitrogens with zero attached hydrogens (tertiary/aromatic N) is 1. The van der Waals surface area contributed by atoms with Crippen molar-refractivity contribution in [3.05, 3.63) is 29.3 Å². The Bertz CT molecular complexity index is 463. The van der Waals surface area contributed by atoms with Crippen LogP contribution < -0.4 is 5.73 Å². The summed E-state index contributed by atoms with van der Waals surface area (Å²) in [6.07, 6.45) is -5.61. The third kappa shape index (κ3) is 4.08. The molecule has 1 aromatic carbocycles. The van der Waals surface area contributed by atoms with Crippen molar-refractivity contribution in [2.24, 2.45) is 0 Å². The van der Waals surface area contributed by atoms with Crippen LogP contribution in [0.1, 0.15) is 16.8 Å². The van der Waals surface area contributed by atoms with Gasteiger partial charge < -0.3 is 10.6 Å². The van der Waals surface area contributed by atoms with Gasteiger partial charge in [-0.2, -0.15) is 13.2 Å². The zero-order valence-electron chi connectivity index (χ0n) is 9.89. The minimum absolute atomic E-state index is 0.395. The molecular formula is C11H11F5N2O. The van der Waals surface area contributed by atoms with Crippen LogP contribution in [0.5, 0.6) is 0 Å². The summed E-state index contributed by atoms with van der Waals surface area (Å²) in [5.41, 5.74) is 3.88. The Hall–Kier alpha value is -1.86.